The molecule has 1 aromatic carbocycles. The number of hydrogen-bond acceptors (Lipinski definition) is 5. The molecule has 6 nitrogen and oxygen atoms in total. The second-order valence-corrected chi connectivity index (χ2v) is 7.13. The lowest BCUT2D eigenvalue weighted by Crippen LogP contribution is -2.26. The maximum atomic E-state index is 12.9. The molecule has 1 saturated heterocycles. The normalized spacial score (nSPS) is 16.2. The van der Waals surface area contributed by atoms with Crippen LogP contribution in [0.25, 0.3) is 22.2 Å². The average Bonchev–Trinajstić information content (AvgIpc) is 3.29. The van der Waals surface area contributed by atoms with Gasteiger partial charge in [0.25, 0.3) is 5.91 Å². The van der Waals surface area contributed by atoms with Crippen molar-refractivity contribution in [2.45, 2.75) is 25.4 Å². The minimum atomic E-state index is -0.104. The Labute approximate surface area is 170 Å². The summed E-state index contributed by atoms with van der Waals surface area (Å²) in [5.41, 5.74) is 3.03. The molecule has 150 valence electrons. The van der Waals surface area contributed by atoms with Gasteiger partial charge in [-0.2, -0.15) is 0 Å². The second kappa shape index (κ2) is 9.58. The summed E-state index contributed by atoms with van der Waals surface area (Å²) in [5, 5.41) is 3.84. The van der Waals surface area contributed by atoms with Crippen molar-refractivity contribution in [3.63, 3.8) is 0 Å². The van der Waals surface area contributed by atoms with E-state index in [-0.39, 0.29) is 12.0 Å². The molecule has 1 amide bonds. The standard InChI is InChI=1S/C23H25N3O3/c27-23(25-11-5-12-28-16-18-7-4-13-29-18)20-14-22(17-6-3-10-24-15-17)26-21-9-2-1-8-19(20)21/h1-3,6,8-10,14-15,18H,4-5,7,11-13,16H2,(H,25,27). The average molecular weight is 391 g/mol. The van der Waals surface area contributed by atoms with Crippen LogP contribution in [0.3, 0.4) is 0 Å². The molecular formula is C23H25N3O3. The molecule has 0 aliphatic carbocycles. The van der Waals surface area contributed by atoms with Gasteiger partial charge in [0, 0.05) is 43.1 Å². The number of nitrogens with zero attached hydrogens (tertiary/aromatic N) is 2. The predicted molar refractivity (Wildman–Crippen MR) is 112 cm³/mol. The second-order valence-electron chi connectivity index (χ2n) is 7.13. The van der Waals surface area contributed by atoms with Crippen LogP contribution in [-0.4, -0.2) is 48.3 Å². The Morgan fingerprint density at radius 3 is 3.00 bits per heavy atom. The number of para-hydroxylation sites is 1. The lowest BCUT2D eigenvalue weighted by Gasteiger charge is -2.12. The number of fused-ring (bicyclic) bond motifs is 1. The van der Waals surface area contributed by atoms with E-state index in [9.17, 15) is 4.79 Å². The van der Waals surface area contributed by atoms with Gasteiger partial charge in [0.2, 0.25) is 0 Å². The number of carbonyl (C=O) groups excluding carboxylic acids is 1. The zero-order valence-electron chi connectivity index (χ0n) is 16.3. The van der Waals surface area contributed by atoms with Gasteiger partial charge in [-0.25, -0.2) is 4.98 Å². The van der Waals surface area contributed by atoms with Crippen LogP contribution < -0.4 is 5.32 Å². The summed E-state index contributed by atoms with van der Waals surface area (Å²) in [4.78, 5) is 21.7. The molecule has 1 atom stereocenters. The van der Waals surface area contributed by atoms with Gasteiger partial charge in [-0.1, -0.05) is 18.2 Å². The Bertz CT molecular complexity index is 956. The van der Waals surface area contributed by atoms with E-state index >= 15 is 0 Å². The lowest BCUT2D eigenvalue weighted by atomic mass is 10.0. The van der Waals surface area contributed by atoms with Gasteiger partial charge in [-0.3, -0.25) is 9.78 Å². The summed E-state index contributed by atoms with van der Waals surface area (Å²) in [5.74, 6) is -0.104. The number of benzene rings is 1. The number of pyridine rings is 2. The highest BCUT2D eigenvalue weighted by Gasteiger charge is 2.16. The van der Waals surface area contributed by atoms with Crippen molar-refractivity contribution >= 4 is 16.8 Å². The molecule has 0 radical (unpaired) electrons. The molecule has 0 spiro atoms. The van der Waals surface area contributed by atoms with E-state index in [4.69, 9.17) is 14.5 Å². The van der Waals surface area contributed by atoms with Crippen LogP contribution >= 0.6 is 0 Å². The number of aromatic nitrogens is 2. The molecule has 1 aliphatic heterocycles. The summed E-state index contributed by atoms with van der Waals surface area (Å²) in [7, 11) is 0. The zero-order valence-corrected chi connectivity index (χ0v) is 16.3. The zero-order chi connectivity index (χ0) is 19.9. The summed E-state index contributed by atoms with van der Waals surface area (Å²) in [6, 6.07) is 13.3. The fourth-order valence-corrected chi connectivity index (χ4v) is 3.49. The first-order chi connectivity index (χ1) is 14.3. The monoisotopic (exact) mass is 391 g/mol. The van der Waals surface area contributed by atoms with E-state index in [2.05, 4.69) is 10.3 Å². The Kier molecular flexibility index (Phi) is 6.44. The molecular weight excluding hydrogens is 366 g/mol. The van der Waals surface area contributed by atoms with Gasteiger partial charge in [-0.05, 0) is 43.5 Å². The van der Waals surface area contributed by atoms with Crippen LogP contribution in [0.2, 0.25) is 0 Å². The van der Waals surface area contributed by atoms with Gasteiger partial charge in [0.15, 0.2) is 0 Å². The van der Waals surface area contributed by atoms with Crippen LogP contribution in [0, 0.1) is 0 Å². The predicted octanol–water partition coefficient (Wildman–Crippen LogP) is 3.61. The summed E-state index contributed by atoms with van der Waals surface area (Å²) in [6.45, 7) is 2.64. The number of hydrogen-bond donors (Lipinski definition) is 1. The van der Waals surface area contributed by atoms with Crippen molar-refractivity contribution in [2.75, 3.05) is 26.4 Å². The van der Waals surface area contributed by atoms with E-state index in [0.717, 1.165) is 48.0 Å². The molecule has 1 aliphatic rings. The Hall–Kier alpha value is -2.83. The highest BCUT2D eigenvalue weighted by atomic mass is 16.5. The first-order valence-electron chi connectivity index (χ1n) is 10.1. The maximum absolute atomic E-state index is 12.9. The molecule has 0 saturated carbocycles. The largest absolute Gasteiger partial charge is 0.379 e. The molecule has 3 heterocycles. The molecule has 6 heteroatoms. The Morgan fingerprint density at radius 2 is 2.17 bits per heavy atom. The smallest absolute Gasteiger partial charge is 0.252 e. The van der Waals surface area contributed by atoms with E-state index in [1.165, 1.54) is 0 Å². The van der Waals surface area contributed by atoms with E-state index in [1.54, 1.807) is 12.4 Å². The minimum absolute atomic E-state index is 0.104. The van der Waals surface area contributed by atoms with E-state index in [1.807, 2.05) is 42.5 Å². The van der Waals surface area contributed by atoms with Gasteiger partial charge in [0.05, 0.1) is 29.5 Å². The third-order valence-electron chi connectivity index (χ3n) is 5.00. The first kappa shape index (κ1) is 19.5. The number of rotatable bonds is 8. The first-order valence-corrected chi connectivity index (χ1v) is 10.1. The van der Waals surface area contributed by atoms with Crippen LogP contribution in [0.1, 0.15) is 29.6 Å². The molecule has 1 fully saturated rings. The molecule has 1 N–H and O–H groups in total. The maximum Gasteiger partial charge on any atom is 0.252 e. The SMILES string of the molecule is O=C(NCCCOCC1CCCO1)c1cc(-c2cccnc2)nc2ccccc12. The fraction of sp³-hybridized carbons (Fsp3) is 0.348. The Morgan fingerprint density at radius 1 is 1.24 bits per heavy atom. The number of carbonyl (C=O) groups is 1. The minimum Gasteiger partial charge on any atom is -0.379 e. The van der Waals surface area contributed by atoms with Crippen molar-refractivity contribution < 1.29 is 14.3 Å². The van der Waals surface area contributed by atoms with Gasteiger partial charge < -0.3 is 14.8 Å². The highest BCUT2D eigenvalue weighted by molar-refractivity contribution is 6.07. The molecule has 2 aromatic heterocycles. The van der Waals surface area contributed by atoms with Crippen LogP contribution in [0.15, 0.2) is 54.9 Å². The molecule has 3 aromatic rings. The number of amides is 1. The van der Waals surface area contributed by atoms with Crippen LogP contribution in [-0.2, 0) is 9.47 Å². The molecule has 1 unspecified atom stereocenters. The number of nitrogens with one attached hydrogen (secondary N) is 1. The van der Waals surface area contributed by atoms with Crippen molar-refractivity contribution in [3.05, 3.63) is 60.4 Å². The van der Waals surface area contributed by atoms with Crippen molar-refractivity contribution in [1.29, 1.82) is 0 Å². The van der Waals surface area contributed by atoms with Crippen molar-refractivity contribution in [2.24, 2.45) is 0 Å². The lowest BCUT2D eigenvalue weighted by molar-refractivity contribution is 0.0166. The van der Waals surface area contributed by atoms with E-state index < -0.39 is 0 Å². The number of ether oxygens (including phenoxy) is 2. The van der Waals surface area contributed by atoms with Crippen molar-refractivity contribution in [3.8, 4) is 11.3 Å². The van der Waals surface area contributed by atoms with Gasteiger partial charge in [0.1, 0.15) is 0 Å². The summed E-state index contributed by atoms with van der Waals surface area (Å²) in [6.07, 6.45) is 6.66. The summed E-state index contributed by atoms with van der Waals surface area (Å²) < 4.78 is 11.2. The quantitative estimate of drug-likeness (QED) is 0.594. The molecule has 29 heavy (non-hydrogen) atoms. The highest BCUT2D eigenvalue weighted by Crippen LogP contribution is 2.24. The molecule has 0 bridgehead atoms. The third-order valence-corrected chi connectivity index (χ3v) is 5.00. The van der Waals surface area contributed by atoms with Crippen molar-refractivity contribution in [1.82, 2.24) is 15.3 Å². The van der Waals surface area contributed by atoms with Crippen LogP contribution in [0.5, 0.6) is 0 Å². The fourth-order valence-electron chi connectivity index (χ4n) is 3.49. The Balaban J connectivity index is 1.40. The van der Waals surface area contributed by atoms with Gasteiger partial charge >= 0.3 is 0 Å². The topological polar surface area (TPSA) is 73.3 Å². The van der Waals surface area contributed by atoms with Crippen LogP contribution in [0.4, 0.5) is 0 Å². The van der Waals surface area contributed by atoms with Gasteiger partial charge in [-0.15, -0.1) is 0 Å². The third kappa shape index (κ3) is 4.96. The summed E-state index contributed by atoms with van der Waals surface area (Å²) >= 11 is 0. The van der Waals surface area contributed by atoms with E-state index in [0.29, 0.717) is 25.3 Å². The molecule has 4 rings (SSSR count).